The van der Waals surface area contributed by atoms with E-state index in [0.717, 1.165) is 64.0 Å². The number of rotatable bonds is 13. The summed E-state index contributed by atoms with van der Waals surface area (Å²) in [5, 5.41) is 12.6. The zero-order valence-electron chi connectivity index (χ0n) is 15.2. The predicted octanol–water partition coefficient (Wildman–Crippen LogP) is 3.39. The van der Waals surface area contributed by atoms with Crippen LogP contribution in [0, 0.1) is 0 Å². The van der Waals surface area contributed by atoms with E-state index in [4.69, 9.17) is 10.1 Å². The first-order chi connectivity index (χ1) is 11.2. The molecule has 0 saturated carbocycles. The number of nitrogens with one attached hydrogen (secondary N) is 1. The molecule has 1 aromatic heterocycles. The summed E-state index contributed by atoms with van der Waals surface area (Å²) in [5.41, 5.74) is 1.18. The molecule has 0 amide bonds. The minimum absolute atomic E-state index is 0.258. The van der Waals surface area contributed by atoms with E-state index in [9.17, 15) is 0 Å². The van der Waals surface area contributed by atoms with E-state index in [1.807, 2.05) is 0 Å². The SMILES string of the molecule is CCCN(CCC)c1cccc(CCCC(CCO)NCC)n1. The van der Waals surface area contributed by atoms with Crippen LogP contribution in [0.25, 0.3) is 0 Å². The molecular weight excluding hydrogens is 286 g/mol. The maximum absolute atomic E-state index is 9.12. The molecule has 1 aromatic rings. The Labute approximate surface area is 142 Å². The Morgan fingerprint density at radius 1 is 1.13 bits per heavy atom. The molecule has 0 radical (unpaired) electrons. The topological polar surface area (TPSA) is 48.4 Å². The molecule has 1 rings (SSSR count). The van der Waals surface area contributed by atoms with Crippen LogP contribution < -0.4 is 10.2 Å². The summed E-state index contributed by atoms with van der Waals surface area (Å²) in [4.78, 5) is 7.24. The summed E-state index contributed by atoms with van der Waals surface area (Å²) in [5.74, 6) is 1.12. The number of hydrogen-bond acceptors (Lipinski definition) is 4. The van der Waals surface area contributed by atoms with E-state index in [0.29, 0.717) is 6.04 Å². The van der Waals surface area contributed by atoms with Crippen molar-refractivity contribution in [2.45, 2.75) is 65.3 Å². The summed E-state index contributed by atoms with van der Waals surface area (Å²) in [6.07, 6.45) is 6.34. The standard InChI is InChI=1S/C19H35N3O/c1-4-14-22(15-5-2)19-12-8-11-18(21-19)10-7-9-17(13-16-23)20-6-3/h8,11-12,17,20,23H,4-7,9-10,13-16H2,1-3H3. The highest BCUT2D eigenvalue weighted by molar-refractivity contribution is 5.39. The fourth-order valence-corrected chi connectivity index (χ4v) is 2.99. The first-order valence-electron chi connectivity index (χ1n) is 9.30. The molecule has 1 heterocycles. The zero-order chi connectivity index (χ0) is 16.9. The maximum Gasteiger partial charge on any atom is 0.128 e. The maximum atomic E-state index is 9.12. The fourth-order valence-electron chi connectivity index (χ4n) is 2.99. The van der Waals surface area contributed by atoms with Crippen molar-refractivity contribution in [1.82, 2.24) is 10.3 Å². The van der Waals surface area contributed by atoms with Crippen molar-refractivity contribution in [2.75, 3.05) is 31.1 Å². The van der Waals surface area contributed by atoms with Crippen LogP contribution in [-0.2, 0) is 6.42 Å². The van der Waals surface area contributed by atoms with Gasteiger partial charge in [-0.3, -0.25) is 0 Å². The monoisotopic (exact) mass is 321 g/mol. The van der Waals surface area contributed by atoms with E-state index in [2.05, 4.69) is 49.2 Å². The molecule has 23 heavy (non-hydrogen) atoms. The van der Waals surface area contributed by atoms with Gasteiger partial charge in [0.2, 0.25) is 0 Å². The second-order valence-electron chi connectivity index (χ2n) is 6.13. The Morgan fingerprint density at radius 2 is 1.87 bits per heavy atom. The molecule has 132 valence electrons. The summed E-state index contributed by atoms with van der Waals surface area (Å²) in [6, 6.07) is 6.81. The van der Waals surface area contributed by atoms with Crippen molar-refractivity contribution in [3.8, 4) is 0 Å². The third-order valence-electron chi connectivity index (χ3n) is 4.06. The minimum Gasteiger partial charge on any atom is -0.396 e. The quantitative estimate of drug-likeness (QED) is 0.585. The smallest absolute Gasteiger partial charge is 0.128 e. The minimum atomic E-state index is 0.258. The van der Waals surface area contributed by atoms with Gasteiger partial charge in [-0.05, 0) is 57.2 Å². The third-order valence-corrected chi connectivity index (χ3v) is 4.06. The summed E-state index contributed by atoms with van der Waals surface area (Å²) in [7, 11) is 0. The largest absolute Gasteiger partial charge is 0.396 e. The first-order valence-corrected chi connectivity index (χ1v) is 9.30. The van der Waals surface area contributed by atoms with Crippen LogP contribution in [-0.4, -0.2) is 42.4 Å². The summed E-state index contributed by atoms with van der Waals surface area (Å²) < 4.78 is 0. The number of anilines is 1. The van der Waals surface area contributed by atoms with Crippen LogP contribution >= 0.6 is 0 Å². The van der Waals surface area contributed by atoms with Crippen molar-refractivity contribution in [1.29, 1.82) is 0 Å². The normalized spacial score (nSPS) is 12.3. The highest BCUT2D eigenvalue weighted by Crippen LogP contribution is 2.14. The Hall–Kier alpha value is -1.13. The van der Waals surface area contributed by atoms with Gasteiger partial charge in [0.15, 0.2) is 0 Å². The summed E-state index contributed by atoms with van der Waals surface area (Å²) in [6.45, 7) is 9.91. The van der Waals surface area contributed by atoms with E-state index < -0.39 is 0 Å². The van der Waals surface area contributed by atoms with Gasteiger partial charge in [-0.1, -0.05) is 26.8 Å². The lowest BCUT2D eigenvalue weighted by Gasteiger charge is -2.23. The average molecular weight is 322 g/mol. The molecule has 0 spiro atoms. The summed E-state index contributed by atoms with van der Waals surface area (Å²) >= 11 is 0. The Kier molecular flexibility index (Phi) is 10.7. The lowest BCUT2D eigenvalue weighted by molar-refractivity contribution is 0.260. The zero-order valence-corrected chi connectivity index (χ0v) is 15.2. The van der Waals surface area contributed by atoms with Crippen LogP contribution in [0.3, 0.4) is 0 Å². The van der Waals surface area contributed by atoms with Gasteiger partial charge >= 0.3 is 0 Å². The van der Waals surface area contributed by atoms with Crippen LogP contribution in [0.15, 0.2) is 18.2 Å². The Morgan fingerprint density at radius 3 is 2.48 bits per heavy atom. The van der Waals surface area contributed by atoms with Gasteiger partial charge in [0.05, 0.1) is 0 Å². The van der Waals surface area contributed by atoms with Gasteiger partial charge in [-0.25, -0.2) is 4.98 Å². The molecule has 1 atom stereocenters. The van der Waals surface area contributed by atoms with Crippen LogP contribution in [0.2, 0.25) is 0 Å². The molecular formula is C19H35N3O. The average Bonchev–Trinajstić information content (AvgIpc) is 2.55. The fraction of sp³-hybridized carbons (Fsp3) is 0.737. The number of aryl methyl sites for hydroxylation is 1. The second kappa shape index (κ2) is 12.3. The lowest BCUT2D eigenvalue weighted by Crippen LogP contribution is -2.29. The molecule has 4 heteroatoms. The Bertz CT molecular complexity index is 399. The van der Waals surface area contributed by atoms with Gasteiger partial charge in [-0.2, -0.15) is 0 Å². The molecule has 0 aliphatic heterocycles. The van der Waals surface area contributed by atoms with Gasteiger partial charge < -0.3 is 15.3 Å². The van der Waals surface area contributed by atoms with Gasteiger partial charge in [0.25, 0.3) is 0 Å². The molecule has 0 bridgehead atoms. The van der Waals surface area contributed by atoms with Crippen LogP contribution in [0.5, 0.6) is 0 Å². The highest BCUT2D eigenvalue weighted by atomic mass is 16.3. The lowest BCUT2D eigenvalue weighted by atomic mass is 10.1. The molecule has 1 unspecified atom stereocenters. The molecule has 2 N–H and O–H groups in total. The van der Waals surface area contributed by atoms with E-state index in [1.165, 1.54) is 5.69 Å². The van der Waals surface area contributed by atoms with E-state index in [1.54, 1.807) is 0 Å². The van der Waals surface area contributed by atoms with Gasteiger partial charge in [0.1, 0.15) is 5.82 Å². The molecule has 0 aliphatic carbocycles. The molecule has 0 aliphatic rings. The highest BCUT2D eigenvalue weighted by Gasteiger charge is 2.09. The van der Waals surface area contributed by atoms with Gasteiger partial charge in [-0.15, -0.1) is 0 Å². The van der Waals surface area contributed by atoms with Crippen LogP contribution in [0.1, 0.15) is 58.6 Å². The van der Waals surface area contributed by atoms with Crippen molar-refractivity contribution < 1.29 is 5.11 Å². The Balaban J connectivity index is 2.55. The van der Waals surface area contributed by atoms with Gasteiger partial charge in [0, 0.05) is 31.4 Å². The van der Waals surface area contributed by atoms with Crippen molar-refractivity contribution in [2.24, 2.45) is 0 Å². The number of nitrogens with zero attached hydrogens (tertiary/aromatic N) is 2. The van der Waals surface area contributed by atoms with E-state index >= 15 is 0 Å². The first kappa shape index (κ1) is 19.9. The molecule has 0 fully saturated rings. The molecule has 4 nitrogen and oxygen atoms in total. The number of aromatic nitrogens is 1. The van der Waals surface area contributed by atoms with E-state index in [-0.39, 0.29) is 6.61 Å². The predicted molar refractivity (Wildman–Crippen MR) is 99.1 cm³/mol. The van der Waals surface area contributed by atoms with Crippen LogP contribution in [0.4, 0.5) is 5.82 Å². The van der Waals surface area contributed by atoms with Crippen molar-refractivity contribution in [3.63, 3.8) is 0 Å². The number of pyridine rings is 1. The number of aliphatic hydroxyl groups excluding tert-OH is 1. The number of aliphatic hydroxyl groups is 1. The number of hydrogen-bond donors (Lipinski definition) is 2. The molecule has 0 saturated heterocycles. The van der Waals surface area contributed by atoms with Crippen molar-refractivity contribution in [3.05, 3.63) is 23.9 Å². The van der Waals surface area contributed by atoms with Crippen molar-refractivity contribution >= 4 is 5.82 Å². The third kappa shape index (κ3) is 7.80. The second-order valence-corrected chi connectivity index (χ2v) is 6.13. The molecule has 0 aromatic carbocycles.